The number of methoxy groups -OCH3 is 1. The third-order valence-corrected chi connectivity index (χ3v) is 3.68. The second-order valence-corrected chi connectivity index (χ2v) is 5.37. The first-order chi connectivity index (χ1) is 11.6. The Morgan fingerprint density at radius 2 is 1.79 bits per heavy atom. The average molecular weight is 322 g/mol. The van der Waals surface area contributed by atoms with Gasteiger partial charge in [-0.25, -0.2) is 0 Å². The molecule has 0 saturated heterocycles. The number of benzene rings is 2. The molecule has 1 N–H and O–H groups in total. The summed E-state index contributed by atoms with van der Waals surface area (Å²) in [6, 6.07) is 15.1. The minimum absolute atomic E-state index is 0.282. The molecular formula is C18H18N4O2. The first kappa shape index (κ1) is 15.7. The van der Waals surface area contributed by atoms with Crippen LogP contribution in [0.4, 0.5) is 5.69 Å². The van der Waals surface area contributed by atoms with Gasteiger partial charge in [0, 0.05) is 0 Å². The van der Waals surface area contributed by atoms with Gasteiger partial charge < -0.3 is 10.1 Å². The van der Waals surface area contributed by atoms with Gasteiger partial charge >= 0.3 is 0 Å². The third-order valence-electron chi connectivity index (χ3n) is 3.68. The Balaban J connectivity index is 1.91. The largest absolute Gasteiger partial charge is 0.495 e. The van der Waals surface area contributed by atoms with Gasteiger partial charge in [0.2, 0.25) is 0 Å². The number of hydrogen-bond acceptors (Lipinski definition) is 4. The van der Waals surface area contributed by atoms with Crippen molar-refractivity contribution in [1.29, 1.82) is 0 Å². The molecule has 0 radical (unpaired) electrons. The molecule has 0 atom stereocenters. The van der Waals surface area contributed by atoms with E-state index >= 15 is 0 Å². The van der Waals surface area contributed by atoms with Crippen LogP contribution in [-0.4, -0.2) is 28.0 Å². The SMILES string of the molecule is COc1cccc(C)c1NC(=O)c1nn(-c2ccccc2)nc1C. The van der Waals surface area contributed by atoms with Gasteiger partial charge in [-0.3, -0.25) is 4.79 Å². The molecule has 3 aromatic rings. The number of carbonyl (C=O) groups is 1. The number of nitrogens with one attached hydrogen (secondary N) is 1. The lowest BCUT2D eigenvalue weighted by molar-refractivity contribution is 0.102. The molecule has 0 aliphatic heterocycles. The highest BCUT2D eigenvalue weighted by molar-refractivity contribution is 6.04. The van der Waals surface area contributed by atoms with Gasteiger partial charge in [0.05, 0.1) is 24.2 Å². The summed E-state index contributed by atoms with van der Waals surface area (Å²) in [5.74, 6) is 0.290. The van der Waals surface area contributed by atoms with Crippen LogP contribution >= 0.6 is 0 Å². The fourth-order valence-electron chi connectivity index (χ4n) is 2.41. The summed E-state index contributed by atoms with van der Waals surface area (Å²) >= 11 is 0. The lowest BCUT2D eigenvalue weighted by Crippen LogP contribution is -2.15. The Labute approximate surface area is 140 Å². The molecular weight excluding hydrogens is 304 g/mol. The molecule has 0 bridgehead atoms. The van der Waals surface area contributed by atoms with E-state index in [1.54, 1.807) is 20.1 Å². The monoisotopic (exact) mass is 322 g/mol. The molecule has 0 unspecified atom stereocenters. The second kappa shape index (κ2) is 6.54. The summed E-state index contributed by atoms with van der Waals surface area (Å²) < 4.78 is 5.31. The van der Waals surface area contributed by atoms with E-state index in [9.17, 15) is 4.79 Å². The lowest BCUT2D eigenvalue weighted by atomic mass is 10.1. The van der Waals surface area contributed by atoms with Crippen molar-refractivity contribution in [3.05, 3.63) is 65.5 Å². The van der Waals surface area contributed by atoms with Crippen molar-refractivity contribution in [2.24, 2.45) is 0 Å². The molecule has 2 aromatic carbocycles. The number of ether oxygens (including phenoxy) is 1. The van der Waals surface area contributed by atoms with Crippen molar-refractivity contribution >= 4 is 11.6 Å². The number of anilines is 1. The van der Waals surface area contributed by atoms with E-state index < -0.39 is 0 Å². The Hall–Kier alpha value is -3.15. The van der Waals surface area contributed by atoms with Crippen LogP contribution in [0.5, 0.6) is 5.75 Å². The fraction of sp³-hybridized carbons (Fsp3) is 0.167. The summed E-state index contributed by atoms with van der Waals surface area (Å²) in [6.45, 7) is 3.67. The maximum absolute atomic E-state index is 12.6. The van der Waals surface area contributed by atoms with Crippen molar-refractivity contribution < 1.29 is 9.53 Å². The number of aromatic nitrogens is 3. The average Bonchev–Trinajstić information content (AvgIpc) is 2.99. The van der Waals surface area contributed by atoms with Crippen LogP contribution in [0.2, 0.25) is 0 Å². The second-order valence-electron chi connectivity index (χ2n) is 5.37. The molecule has 0 spiro atoms. The number of hydrogen-bond donors (Lipinski definition) is 1. The van der Waals surface area contributed by atoms with Crippen LogP contribution in [0, 0.1) is 13.8 Å². The Bertz CT molecular complexity index is 872. The van der Waals surface area contributed by atoms with E-state index in [4.69, 9.17) is 4.74 Å². The summed E-state index contributed by atoms with van der Waals surface area (Å²) in [4.78, 5) is 14.1. The van der Waals surface area contributed by atoms with Gasteiger partial charge in [-0.05, 0) is 37.6 Å². The smallest absolute Gasteiger partial charge is 0.278 e. The molecule has 0 aliphatic rings. The number of aryl methyl sites for hydroxylation is 2. The van der Waals surface area contributed by atoms with Gasteiger partial charge in [-0.2, -0.15) is 9.90 Å². The maximum Gasteiger partial charge on any atom is 0.278 e. The van der Waals surface area contributed by atoms with Crippen molar-refractivity contribution in [3.63, 3.8) is 0 Å². The van der Waals surface area contributed by atoms with Crippen molar-refractivity contribution in [3.8, 4) is 11.4 Å². The first-order valence-corrected chi connectivity index (χ1v) is 7.54. The zero-order chi connectivity index (χ0) is 17.1. The van der Waals surface area contributed by atoms with Crippen LogP contribution in [-0.2, 0) is 0 Å². The number of carbonyl (C=O) groups excluding carboxylic acids is 1. The van der Waals surface area contributed by atoms with Crippen LogP contribution in [0.25, 0.3) is 5.69 Å². The van der Waals surface area contributed by atoms with Crippen LogP contribution in [0.3, 0.4) is 0 Å². The Morgan fingerprint density at radius 1 is 1.04 bits per heavy atom. The number of rotatable bonds is 4. The highest BCUT2D eigenvalue weighted by Gasteiger charge is 2.18. The van der Waals surface area contributed by atoms with Crippen LogP contribution in [0.15, 0.2) is 48.5 Å². The quantitative estimate of drug-likeness (QED) is 0.801. The Kier molecular flexibility index (Phi) is 4.29. The van der Waals surface area contributed by atoms with Gasteiger partial charge in [-0.15, -0.1) is 5.10 Å². The minimum Gasteiger partial charge on any atom is -0.495 e. The molecule has 24 heavy (non-hydrogen) atoms. The van der Waals surface area contributed by atoms with E-state index in [2.05, 4.69) is 15.5 Å². The van der Waals surface area contributed by atoms with E-state index in [1.807, 2.05) is 49.4 Å². The van der Waals surface area contributed by atoms with Crippen molar-refractivity contribution in [1.82, 2.24) is 15.0 Å². The normalized spacial score (nSPS) is 10.5. The summed E-state index contributed by atoms with van der Waals surface area (Å²) in [7, 11) is 1.57. The molecule has 0 saturated carbocycles. The molecule has 1 heterocycles. The number of para-hydroxylation sites is 2. The summed E-state index contributed by atoms with van der Waals surface area (Å²) in [6.07, 6.45) is 0. The van der Waals surface area contributed by atoms with Gasteiger partial charge in [0.1, 0.15) is 5.75 Å². The van der Waals surface area contributed by atoms with Crippen LogP contribution in [0.1, 0.15) is 21.7 Å². The first-order valence-electron chi connectivity index (χ1n) is 7.54. The van der Waals surface area contributed by atoms with Gasteiger partial charge in [-0.1, -0.05) is 30.3 Å². The fourth-order valence-corrected chi connectivity index (χ4v) is 2.41. The minimum atomic E-state index is -0.317. The topological polar surface area (TPSA) is 69.0 Å². The molecule has 0 aliphatic carbocycles. The Morgan fingerprint density at radius 3 is 2.50 bits per heavy atom. The van der Waals surface area contributed by atoms with Crippen molar-refractivity contribution in [2.75, 3.05) is 12.4 Å². The molecule has 1 amide bonds. The van der Waals surface area contributed by atoms with Crippen LogP contribution < -0.4 is 10.1 Å². The standard InChI is InChI=1S/C18H18N4O2/c1-12-8-7-11-15(24-3)16(12)19-18(23)17-13(2)20-22(21-17)14-9-5-4-6-10-14/h4-11H,1-3H3,(H,19,23). The molecule has 0 fully saturated rings. The number of nitrogens with zero attached hydrogens (tertiary/aromatic N) is 3. The van der Waals surface area contributed by atoms with Gasteiger partial charge in [0.15, 0.2) is 5.69 Å². The van der Waals surface area contributed by atoms with E-state index in [0.29, 0.717) is 17.1 Å². The summed E-state index contributed by atoms with van der Waals surface area (Å²) in [5, 5.41) is 11.5. The highest BCUT2D eigenvalue weighted by Crippen LogP contribution is 2.28. The molecule has 1 aromatic heterocycles. The molecule has 6 nitrogen and oxygen atoms in total. The number of amides is 1. The molecule has 122 valence electrons. The van der Waals surface area contributed by atoms with Crippen molar-refractivity contribution in [2.45, 2.75) is 13.8 Å². The predicted octanol–water partition coefficient (Wildman–Crippen LogP) is 3.15. The zero-order valence-electron chi connectivity index (χ0n) is 13.8. The van der Waals surface area contributed by atoms with Gasteiger partial charge in [0.25, 0.3) is 5.91 Å². The molecule has 6 heteroatoms. The third kappa shape index (κ3) is 2.99. The maximum atomic E-state index is 12.6. The molecule has 3 rings (SSSR count). The van der Waals surface area contributed by atoms with E-state index in [1.165, 1.54) is 4.80 Å². The predicted molar refractivity (Wildman–Crippen MR) is 91.8 cm³/mol. The lowest BCUT2D eigenvalue weighted by Gasteiger charge is -2.12. The zero-order valence-corrected chi connectivity index (χ0v) is 13.8. The summed E-state index contributed by atoms with van der Waals surface area (Å²) in [5.41, 5.74) is 3.19. The highest BCUT2D eigenvalue weighted by atomic mass is 16.5. The van der Waals surface area contributed by atoms with E-state index in [-0.39, 0.29) is 11.6 Å². The van der Waals surface area contributed by atoms with E-state index in [0.717, 1.165) is 11.3 Å².